The van der Waals surface area contributed by atoms with Crippen molar-refractivity contribution in [3.8, 4) is 0 Å². The predicted molar refractivity (Wildman–Crippen MR) is 61.0 cm³/mol. The Morgan fingerprint density at radius 3 is 2.53 bits per heavy atom. The molecule has 0 spiro atoms. The Bertz CT molecular complexity index is 353. The number of carbonyl (C=O) groups excluding carboxylic acids is 1. The third-order valence-electron chi connectivity index (χ3n) is 2.78. The van der Waals surface area contributed by atoms with E-state index in [1.54, 1.807) is 6.92 Å². The maximum atomic E-state index is 10.8. The van der Waals surface area contributed by atoms with E-state index in [-0.39, 0.29) is 5.78 Å². The molecule has 0 aliphatic rings. The molecule has 1 heterocycles. The van der Waals surface area contributed by atoms with E-state index in [4.69, 9.17) is 0 Å². The van der Waals surface area contributed by atoms with E-state index >= 15 is 0 Å². The quantitative estimate of drug-likeness (QED) is 0.745. The van der Waals surface area contributed by atoms with Crippen LogP contribution in [0.3, 0.4) is 0 Å². The average molecular weight is 208 g/mol. The lowest BCUT2D eigenvalue weighted by Gasteiger charge is -2.03. The van der Waals surface area contributed by atoms with Crippen LogP contribution in [-0.4, -0.2) is 15.6 Å². The Hall–Kier alpha value is -1.12. The molecule has 0 aromatic carbocycles. The highest BCUT2D eigenvalue weighted by Gasteiger charge is 2.08. The summed E-state index contributed by atoms with van der Waals surface area (Å²) in [4.78, 5) is 10.8. The minimum absolute atomic E-state index is 0.257. The van der Waals surface area contributed by atoms with Crippen molar-refractivity contribution < 1.29 is 4.79 Å². The van der Waals surface area contributed by atoms with Crippen molar-refractivity contribution in [3.63, 3.8) is 0 Å². The van der Waals surface area contributed by atoms with E-state index in [1.807, 2.05) is 11.6 Å². The number of rotatable bonds is 5. The Labute approximate surface area is 91.5 Å². The van der Waals surface area contributed by atoms with Gasteiger partial charge in [-0.25, -0.2) is 0 Å². The minimum Gasteiger partial charge on any atom is -0.300 e. The smallest absolute Gasteiger partial charge is 0.129 e. The molecule has 15 heavy (non-hydrogen) atoms. The van der Waals surface area contributed by atoms with Gasteiger partial charge in [-0.1, -0.05) is 6.92 Å². The second-order valence-corrected chi connectivity index (χ2v) is 4.03. The van der Waals surface area contributed by atoms with Crippen LogP contribution in [0.25, 0.3) is 0 Å². The highest BCUT2D eigenvalue weighted by molar-refractivity contribution is 5.75. The normalized spacial score (nSPS) is 10.7. The van der Waals surface area contributed by atoms with Gasteiger partial charge in [0.15, 0.2) is 0 Å². The molecule has 0 unspecified atom stereocenters. The van der Waals surface area contributed by atoms with Crippen LogP contribution in [0.4, 0.5) is 0 Å². The fraction of sp³-hybridized carbons (Fsp3) is 0.667. The van der Waals surface area contributed by atoms with Gasteiger partial charge in [-0.3, -0.25) is 4.68 Å². The zero-order valence-electron chi connectivity index (χ0n) is 10.1. The van der Waals surface area contributed by atoms with Crippen LogP contribution >= 0.6 is 0 Å². The number of carbonyl (C=O) groups is 1. The van der Waals surface area contributed by atoms with Gasteiger partial charge in [0, 0.05) is 18.7 Å². The highest BCUT2D eigenvalue weighted by atomic mass is 16.1. The first-order valence-corrected chi connectivity index (χ1v) is 5.58. The van der Waals surface area contributed by atoms with Gasteiger partial charge >= 0.3 is 0 Å². The minimum atomic E-state index is 0.257. The summed E-state index contributed by atoms with van der Waals surface area (Å²) < 4.78 is 2.02. The summed E-state index contributed by atoms with van der Waals surface area (Å²) in [6, 6.07) is 0. The first-order valence-electron chi connectivity index (χ1n) is 5.58. The summed E-state index contributed by atoms with van der Waals surface area (Å²) in [6.07, 6.45) is 2.57. The molecule has 84 valence electrons. The van der Waals surface area contributed by atoms with E-state index in [2.05, 4.69) is 18.9 Å². The third-order valence-corrected chi connectivity index (χ3v) is 2.78. The summed E-state index contributed by atoms with van der Waals surface area (Å²) in [5.41, 5.74) is 3.72. The van der Waals surface area contributed by atoms with Gasteiger partial charge < -0.3 is 4.79 Å². The fourth-order valence-corrected chi connectivity index (χ4v) is 1.94. The fourth-order valence-electron chi connectivity index (χ4n) is 1.94. The van der Waals surface area contributed by atoms with Crippen molar-refractivity contribution in [2.45, 2.75) is 53.5 Å². The van der Waals surface area contributed by atoms with E-state index in [0.29, 0.717) is 6.42 Å². The van der Waals surface area contributed by atoms with Gasteiger partial charge in [-0.05, 0) is 39.2 Å². The summed E-state index contributed by atoms with van der Waals surface area (Å²) in [5.74, 6) is 0.257. The lowest BCUT2D eigenvalue weighted by atomic mass is 10.1. The van der Waals surface area contributed by atoms with Crippen LogP contribution in [0.15, 0.2) is 0 Å². The van der Waals surface area contributed by atoms with Crippen LogP contribution in [0.1, 0.15) is 43.6 Å². The van der Waals surface area contributed by atoms with Crippen molar-refractivity contribution in [2.75, 3.05) is 0 Å². The number of hydrogen-bond donors (Lipinski definition) is 0. The molecule has 0 aliphatic heterocycles. The van der Waals surface area contributed by atoms with E-state index < -0.39 is 0 Å². The van der Waals surface area contributed by atoms with Crippen LogP contribution in [0, 0.1) is 13.8 Å². The predicted octanol–water partition coefficient (Wildman–Crippen LogP) is 2.43. The van der Waals surface area contributed by atoms with Crippen LogP contribution in [0.2, 0.25) is 0 Å². The van der Waals surface area contributed by atoms with Gasteiger partial charge in [0.1, 0.15) is 5.78 Å². The number of aromatic nitrogens is 2. The van der Waals surface area contributed by atoms with Crippen molar-refractivity contribution in [1.29, 1.82) is 0 Å². The van der Waals surface area contributed by atoms with Gasteiger partial charge in [0.2, 0.25) is 0 Å². The van der Waals surface area contributed by atoms with Crippen molar-refractivity contribution in [2.24, 2.45) is 0 Å². The Kier molecular flexibility index (Phi) is 4.06. The maximum Gasteiger partial charge on any atom is 0.129 e. The number of hydrogen-bond acceptors (Lipinski definition) is 2. The molecule has 1 aromatic rings. The molecule has 1 aromatic heterocycles. The van der Waals surface area contributed by atoms with Gasteiger partial charge in [0.25, 0.3) is 0 Å². The second-order valence-electron chi connectivity index (χ2n) is 4.03. The molecular formula is C12H20N2O. The van der Waals surface area contributed by atoms with Crippen LogP contribution in [-0.2, 0) is 17.8 Å². The van der Waals surface area contributed by atoms with E-state index in [9.17, 15) is 4.79 Å². The van der Waals surface area contributed by atoms with Gasteiger partial charge in [-0.15, -0.1) is 0 Å². The van der Waals surface area contributed by atoms with Gasteiger partial charge in [0.05, 0.1) is 5.69 Å². The van der Waals surface area contributed by atoms with Crippen molar-refractivity contribution in [1.82, 2.24) is 9.78 Å². The molecule has 1 rings (SSSR count). The first-order chi connectivity index (χ1) is 7.06. The summed E-state index contributed by atoms with van der Waals surface area (Å²) in [7, 11) is 0. The molecule has 0 atom stereocenters. The lowest BCUT2D eigenvalue weighted by Crippen LogP contribution is -2.04. The lowest BCUT2D eigenvalue weighted by molar-refractivity contribution is -0.117. The number of ketones is 1. The zero-order chi connectivity index (χ0) is 11.4. The molecule has 0 bridgehead atoms. The largest absolute Gasteiger partial charge is 0.300 e. The van der Waals surface area contributed by atoms with Crippen molar-refractivity contribution in [3.05, 3.63) is 17.0 Å². The first kappa shape index (κ1) is 12.0. The average Bonchev–Trinajstić information content (AvgIpc) is 2.41. The Balaban J connectivity index is 2.65. The molecule has 0 aliphatic carbocycles. The Morgan fingerprint density at radius 2 is 2.07 bits per heavy atom. The monoisotopic (exact) mass is 208 g/mol. The molecule has 0 amide bonds. The summed E-state index contributed by atoms with van der Waals surface area (Å²) >= 11 is 0. The topological polar surface area (TPSA) is 34.9 Å². The standard InChI is InChI=1S/C12H20N2O/c1-5-12-10(3)13-14(11(12)4)8-6-7-9(2)15/h5-8H2,1-4H3. The summed E-state index contributed by atoms with van der Waals surface area (Å²) in [6.45, 7) is 8.79. The molecule has 3 heteroatoms. The molecule has 0 saturated carbocycles. The van der Waals surface area contributed by atoms with Gasteiger partial charge in [-0.2, -0.15) is 5.10 Å². The van der Waals surface area contributed by atoms with Crippen molar-refractivity contribution >= 4 is 5.78 Å². The third kappa shape index (κ3) is 2.91. The van der Waals surface area contributed by atoms with Crippen LogP contribution in [0.5, 0.6) is 0 Å². The Morgan fingerprint density at radius 1 is 1.40 bits per heavy atom. The molecule has 0 saturated heterocycles. The molecule has 0 fully saturated rings. The van der Waals surface area contributed by atoms with E-state index in [1.165, 1.54) is 11.3 Å². The molecule has 0 N–H and O–H groups in total. The second kappa shape index (κ2) is 5.10. The molecule has 0 radical (unpaired) electrons. The number of aryl methyl sites for hydroxylation is 2. The SMILES string of the molecule is CCc1c(C)nn(CCCC(C)=O)c1C. The van der Waals surface area contributed by atoms with Crippen LogP contribution < -0.4 is 0 Å². The molecule has 3 nitrogen and oxygen atoms in total. The zero-order valence-corrected chi connectivity index (χ0v) is 10.1. The highest BCUT2D eigenvalue weighted by Crippen LogP contribution is 2.14. The number of Topliss-reactive ketones (excluding diaryl/α,β-unsaturated/α-hetero) is 1. The molecular weight excluding hydrogens is 188 g/mol. The van der Waals surface area contributed by atoms with E-state index in [0.717, 1.165) is 25.1 Å². The summed E-state index contributed by atoms with van der Waals surface area (Å²) in [5, 5.41) is 4.48. The number of nitrogens with zero attached hydrogens (tertiary/aromatic N) is 2. The maximum absolute atomic E-state index is 10.8.